The summed E-state index contributed by atoms with van der Waals surface area (Å²) in [5, 5.41) is 5.61. The lowest BCUT2D eigenvalue weighted by molar-refractivity contribution is 0.281. The molecule has 0 spiro atoms. The molecule has 3 aromatic heterocycles. The van der Waals surface area contributed by atoms with E-state index in [9.17, 15) is 0 Å². The maximum atomic E-state index is 4.94. The number of hydrogen-bond acceptors (Lipinski definition) is 4. The molecule has 120 valence electrons. The van der Waals surface area contributed by atoms with Gasteiger partial charge in [-0.1, -0.05) is 6.07 Å². The van der Waals surface area contributed by atoms with E-state index in [-0.39, 0.29) is 0 Å². The summed E-state index contributed by atoms with van der Waals surface area (Å²) in [4.78, 5) is 8.74. The molecule has 0 bridgehead atoms. The molecule has 1 N–H and O–H groups in total. The second-order valence-electron chi connectivity index (χ2n) is 6.20. The van der Waals surface area contributed by atoms with E-state index >= 15 is 0 Å². The molecule has 1 aliphatic heterocycles. The zero-order chi connectivity index (χ0) is 15.6. The van der Waals surface area contributed by atoms with Gasteiger partial charge in [0.1, 0.15) is 11.3 Å². The Kier molecular flexibility index (Phi) is 4.16. The van der Waals surface area contributed by atoms with Crippen LogP contribution in [0.1, 0.15) is 17.7 Å². The first-order valence-corrected chi connectivity index (χ1v) is 9.14. The smallest absolute Gasteiger partial charge is 0.138 e. The molecule has 0 unspecified atom stereocenters. The van der Waals surface area contributed by atoms with Gasteiger partial charge in [0.15, 0.2) is 0 Å². The van der Waals surface area contributed by atoms with Crippen LogP contribution in [0.5, 0.6) is 0 Å². The van der Waals surface area contributed by atoms with Crippen LogP contribution in [-0.2, 0) is 6.54 Å². The van der Waals surface area contributed by atoms with Crippen LogP contribution in [0.2, 0.25) is 0 Å². The number of thiophene rings is 1. The Morgan fingerprint density at radius 2 is 2.22 bits per heavy atom. The summed E-state index contributed by atoms with van der Waals surface area (Å²) in [7, 11) is 0. The van der Waals surface area contributed by atoms with E-state index in [0.717, 1.165) is 44.1 Å². The monoisotopic (exact) mass is 326 g/mol. The Bertz CT molecular complexity index is 783. The normalized spacial score (nSPS) is 16.7. The maximum Gasteiger partial charge on any atom is 0.138 e. The summed E-state index contributed by atoms with van der Waals surface area (Å²) < 4.78 is 2.26. The summed E-state index contributed by atoms with van der Waals surface area (Å²) in [6.45, 7) is 7.53. The molecule has 0 saturated carbocycles. The van der Waals surface area contributed by atoms with Gasteiger partial charge in [-0.15, -0.1) is 11.3 Å². The number of hydrogen-bond donors (Lipinski definition) is 1. The minimum absolute atomic E-state index is 0.957. The maximum absolute atomic E-state index is 4.94. The van der Waals surface area contributed by atoms with Crippen LogP contribution in [-0.4, -0.2) is 40.5 Å². The summed E-state index contributed by atoms with van der Waals surface area (Å²) in [5.74, 6) is 0. The molecule has 5 heteroatoms. The van der Waals surface area contributed by atoms with Crippen molar-refractivity contribution in [2.45, 2.75) is 19.9 Å². The number of nitrogens with zero attached hydrogens (tertiary/aromatic N) is 3. The average Bonchev–Trinajstić information content (AvgIpc) is 3.10. The molecule has 1 fully saturated rings. The SMILES string of the molecule is Cc1ccn2c(CN3CCCNCC3)c(-c3cccs3)nc2c1. The number of nitrogens with one attached hydrogen (secondary N) is 1. The molecule has 4 heterocycles. The van der Waals surface area contributed by atoms with Gasteiger partial charge in [-0.05, 0) is 55.6 Å². The Morgan fingerprint density at radius 3 is 3.09 bits per heavy atom. The highest BCUT2D eigenvalue weighted by Gasteiger charge is 2.18. The van der Waals surface area contributed by atoms with E-state index in [1.807, 2.05) is 0 Å². The molecule has 23 heavy (non-hydrogen) atoms. The summed E-state index contributed by atoms with van der Waals surface area (Å²) in [6, 6.07) is 8.62. The van der Waals surface area contributed by atoms with Gasteiger partial charge >= 0.3 is 0 Å². The number of aryl methyl sites for hydroxylation is 1. The van der Waals surface area contributed by atoms with Crippen molar-refractivity contribution >= 4 is 17.0 Å². The summed E-state index contributed by atoms with van der Waals surface area (Å²) in [5.41, 5.74) is 4.76. The molecule has 3 aromatic rings. The Morgan fingerprint density at radius 1 is 1.26 bits per heavy atom. The van der Waals surface area contributed by atoms with E-state index in [0.29, 0.717) is 0 Å². The number of aromatic nitrogens is 2. The average molecular weight is 326 g/mol. The van der Waals surface area contributed by atoms with Gasteiger partial charge in [0, 0.05) is 25.8 Å². The molecule has 0 amide bonds. The second-order valence-corrected chi connectivity index (χ2v) is 7.14. The van der Waals surface area contributed by atoms with Gasteiger partial charge < -0.3 is 9.72 Å². The molecule has 0 aromatic carbocycles. The van der Waals surface area contributed by atoms with Crippen LogP contribution in [0.3, 0.4) is 0 Å². The molecular weight excluding hydrogens is 304 g/mol. The van der Waals surface area contributed by atoms with E-state index in [1.54, 1.807) is 11.3 Å². The Hall–Kier alpha value is -1.69. The van der Waals surface area contributed by atoms with E-state index in [1.165, 1.54) is 22.6 Å². The highest BCUT2D eigenvalue weighted by atomic mass is 32.1. The van der Waals surface area contributed by atoms with Crippen molar-refractivity contribution in [2.24, 2.45) is 0 Å². The molecule has 1 saturated heterocycles. The molecule has 4 rings (SSSR count). The van der Waals surface area contributed by atoms with Crippen molar-refractivity contribution in [1.29, 1.82) is 0 Å². The fourth-order valence-corrected chi connectivity index (χ4v) is 3.97. The highest BCUT2D eigenvalue weighted by molar-refractivity contribution is 7.13. The lowest BCUT2D eigenvalue weighted by atomic mass is 10.2. The zero-order valence-corrected chi connectivity index (χ0v) is 14.3. The second kappa shape index (κ2) is 6.43. The summed E-state index contributed by atoms with van der Waals surface area (Å²) in [6.07, 6.45) is 3.38. The van der Waals surface area contributed by atoms with Gasteiger partial charge in [-0.2, -0.15) is 0 Å². The predicted octanol–water partition coefficient (Wildman–Crippen LogP) is 3.17. The van der Waals surface area contributed by atoms with Crippen molar-refractivity contribution in [3.63, 3.8) is 0 Å². The third-order valence-electron chi connectivity index (χ3n) is 4.44. The van der Waals surface area contributed by atoms with Gasteiger partial charge in [0.25, 0.3) is 0 Å². The van der Waals surface area contributed by atoms with Crippen LogP contribution in [0, 0.1) is 6.92 Å². The van der Waals surface area contributed by atoms with Crippen molar-refractivity contribution in [3.05, 3.63) is 47.1 Å². The molecule has 0 atom stereocenters. The molecular formula is C18H22N4S. The fourth-order valence-electron chi connectivity index (χ4n) is 3.23. The molecule has 0 radical (unpaired) electrons. The first kappa shape index (κ1) is 14.9. The van der Waals surface area contributed by atoms with Crippen molar-refractivity contribution in [3.8, 4) is 10.6 Å². The predicted molar refractivity (Wildman–Crippen MR) is 96.0 cm³/mol. The lowest BCUT2D eigenvalue weighted by Crippen LogP contribution is -2.28. The number of imidazole rings is 1. The first-order chi connectivity index (χ1) is 11.3. The van der Waals surface area contributed by atoms with Crippen LogP contribution in [0.25, 0.3) is 16.2 Å². The largest absolute Gasteiger partial charge is 0.315 e. The Labute approximate surface area is 140 Å². The third kappa shape index (κ3) is 3.04. The number of fused-ring (bicyclic) bond motifs is 1. The highest BCUT2D eigenvalue weighted by Crippen LogP contribution is 2.29. The van der Waals surface area contributed by atoms with Crippen LogP contribution >= 0.6 is 11.3 Å². The number of rotatable bonds is 3. The van der Waals surface area contributed by atoms with Gasteiger partial charge in [-0.3, -0.25) is 4.90 Å². The van der Waals surface area contributed by atoms with Crippen molar-refractivity contribution < 1.29 is 0 Å². The quantitative estimate of drug-likeness (QED) is 0.802. The standard InChI is InChI=1S/C18H22N4S/c1-14-5-9-22-15(13-21-8-3-6-19-7-10-21)18(20-17(22)12-14)16-4-2-11-23-16/h2,4-5,9,11-12,19H,3,6-8,10,13H2,1H3. The van der Waals surface area contributed by atoms with E-state index in [4.69, 9.17) is 4.98 Å². The third-order valence-corrected chi connectivity index (χ3v) is 5.32. The topological polar surface area (TPSA) is 32.6 Å². The van der Waals surface area contributed by atoms with Crippen LogP contribution in [0.15, 0.2) is 35.8 Å². The van der Waals surface area contributed by atoms with Crippen LogP contribution in [0.4, 0.5) is 0 Å². The van der Waals surface area contributed by atoms with Gasteiger partial charge in [0.2, 0.25) is 0 Å². The first-order valence-electron chi connectivity index (χ1n) is 8.26. The van der Waals surface area contributed by atoms with E-state index in [2.05, 4.69) is 57.4 Å². The van der Waals surface area contributed by atoms with Gasteiger partial charge in [-0.25, -0.2) is 4.98 Å². The molecule has 0 aliphatic carbocycles. The van der Waals surface area contributed by atoms with Crippen LogP contribution < -0.4 is 5.32 Å². The zero-order valence-electron chi connectivity index (χ0n) is 13.5. The molecule has 1 aliphatic rings. The molecule has 4 nitrogen and oxygen atoms in total. The lowest BCUT2D eigenvalue weighted by Gasteiger charge is -2.19. The Balaban J connectivity index is 1.77. The minimum Gasteiger partial charge on any atom is -0.315 e. The summed E-state index contributed by atoms with van der Waals surface area (Å²) >= 11 is 1.77. The minimum atomic E-state index is 0.957. The number of pyridine rings is 1. The van der Waals surface area contributed by atoms with Gasteiger partial charge in [0.05, 0.1) is 10.6 Å². The van der Waals surface area contributed by atoms with Crippen molar-refractivity contribution in [2.75, 3.05) is 26.2 Å². The van der Waals surface area contributed by atoms with Crippen molar-refractivity contribution in [1.82, 2.24) is 19.6 Å². The fraction of sp³-hybridized carbons (Fsp3) is 0.389. The van der Waals surface area contributed by atoms with E-state index < -0.39 is 0 Å².